The van der Waals surface area contributed by atoms with Gasteiger partial charge in [-0.1, -0.05) is 6.07 Å². The molecule has 1 N–H and O–H groups in total. The molecular formula is C22H22N2O6. The average molecular weight is 410 g/mol. The Morgan fingerprint density at radius 2 is 1.87 bits per heavy atom. The highest BCUT2D eigenvalue weighted by molar-refractivity contribution is 6.07. The minimum absolute atomic E-state index is 0.0187. The smallest absolute Gasteiger partial charge is 0.325 e. The first-order valence-electron chi connectivity index (χ1n) is 9.55. The minimum atomic E-state index is -1.25. The molecule has 8 heteroatoms. The lowest BCUT2D eigenvalue weighted by Gasteiger charge is -2.25. The molecule has 1 saturated heterocycles. The van der Waals surface area contributed by atoms with Crippen molar-refractivity contribution in [1.82, 2.24) is 10.2 Å². The topological polar surface area (TPSA) is 94.2 Å². The Balaban J connectivity index is 1.65. The van der Waals surface area contributed by atoms with E-state index < -0.39 is 17.5 Å². The Morgan fingerprint density at radius 3 is 2.57 bits per heavy atom. The molecular weight excluding hydrogens is 388 g/mol. The number of methoxy groups -OCH3 is 1. The summed E-state index contributed by atoms with van der Waals surface area (Å²) in [6, 6.07) is 9.62. The fraction of sp³-hybridized carbons (Fsp3) is 0.318. The number of urea groups is 1. The number of ketones is 1. The third-order valence-corrected chi connectivity index (χ3v) is 5.41. The van der Waals surface area contributed by atoms with Crippen molar-refractivity contribution < 1.29 is 28.6 Å². The zero-order valence-corrected chi connectivity index (χ0v) is 17.0. The molecule has 0 aliphatic carbocycles. The van der Waals surface area contributed by atoms with E-state index in [1.807, 2.05) is 0 Å². The molecule has 8 nitrogen and oxygen atoms in total. The van der Waals surface area contributed by atoms with Gasteiger partial charge in [0.15, 0.2) is 17.3 Å². The van der Waals surface area contributed by atoms with Crippen molar-refractivity contribution >= 4 is 17.7 Å². The molecule has 1 atom stereocenters. The lowest BCUT2D eigenvalue weighted by atomic mass is 9.91. The van der Waals surface area contributed by atoms with E-state index in [1.54, 1.807) is 43.3 Å². The van der Waals surface area contributed by atoms with Crippen LogP contribution in [0.25, 0.3) is 0 Å². The van der Waals surface area contributed by atoms with Gasteiger partial charge in [0.2, 0.25) is 0 Å². The standard InChI is InChI=1S/C22H22N2O6/c1-13(25)14-4-6-17(28-3)15(10-14)12-24-20(26)22(2,23-21(24)27)16-5-7-18-19(11-16)30-9-8-29-18/h4-7,10-11H,8-9,12H2,1-3H3,(H,23,27)/t22-/m0/s1. The number of hydrogen-bond acceptors (Lipinski definition) is 6. The summed E-state index contributed by atoms with van der Waals surface area (Å²) < 4.78 is 16.5. The fourth-order valence-corrected chi connectivity index (χ4v) is 3.68. The predicted octanol–water partition coefficient (Wildman–Crippen LogP) is 2.64. The van der Waals surface area contributed by atoms with Crippen molar-refractivity contribution in [3.05, 3.63) is 53.1 Å². The maximum Gasteiger partial charge on any atom is 0.325 e. The number of nitrogens with one attached hydrogen (secondary N) is 1. The van der Waals surface area contributed by atoms with Crippen LogP contribution in [0.4, 0.5) is 4.79 Å². The molecule has 1 fully saturated rings. The number of carbonyl (C=O) groups excluding carboxylic acids is 3. The lowest BCUT2D eigenvalue weighted by Crippen LogP contribution is -2.41. The molecule has 2 aromatic rings. The molecule has 2 aliphatic rings. The maximum absolute atomic E-state index is 13.3. The van der Waals surface area contributed by atoms with Gasteiger partial charge < -0.3 is 19.5 Å². The summed E-state index contributed by atoms with van der Waals surface area (Å²) in [5.74, 6) is 1.12. The Morgan fingerprint density at radius 1 is 1.13 bits per heavy atom. The Bertz CT molecular complexity index is 1050. The summed E-state index contributed by atoms with van der Waals surface area (Å²) in [4.78, 5) is 38.9. The van der Waals surface area contributed by atoms with Crippen molar-refractivity contribution in [2.75, 3.05) is 20.3 Å². The van der Waals surface area contributed by atoms with Gasteiger partial charge in [-0.3, -0.25) is 14.5 Å². The molecule has 0 spiro atoms. The van der Waals surface area contributed by atoms with Crippen LogP contribution in [0.2, 0.25) is 0 Å². The summed E-state index contributed by atoms with van der Waals surface area (Å²) in [6.07, 6.45) is 0. The van der Waals surface area contributed by atoms with E-state index in [4.69, 9.17) is 14.2 Å². The summed E-state index contributed by atoms with van der Waals surface area (Å²) in [5, 5.41) is 2.78. The van der Waals surface area contributed by atoms with E-state index in [0.717, 1.165) is 4.90 Å². The molecule has 2 aromatic carbocycles. The molecule has 0 unspecified atom stereocenters. The van der Waals surface area contributed by atoms with Crippen LogP contribution in [-0.4, -0.2) is 42.9 Å². The number of ether oxygens (including phenoxy) is 3. The molecule has 156 valence electrons. The lowest BCUT2D eigenvalue weighted by molar-refractivity contribution is -0.131. The highest BCUT2D eigenvalue weighted by Gasteiger charge is 2.49. The first-order chi connectivity index (χ1) is 14.3. The molecule has 2 aliphatic heterocycles. The van der Waals surface area contributed by atoms with Crippen LogP contribution >= 0.6 is 0 Å². The van der Waals surface area contributed by atoms with Crippen molar-refractivity contribution in [2.24, 2.45) is 0 Å². The number of rotatable bonds is 5. The van der Waals surface area contributed by atoms with Gasteiger partial charge in [0.25, 0.3) is 5.91 Å². The average Bonchev–Trinajstić information content (AvgIpc) is 2.97. The predicted molar refractivity (Wildman–Crippen MR) is 107 cm³/mol. The van der Waals surface area contributed by atoms with Gasteiger partial charge in [0, 0.05) is 11.1 Å². The summed E-state index contributed by atoms with van der Waals surface area (Å²) in [7, 11) is 1.50. The van der Waals surface area contributed by atoms with Crippen LogP contribution in [0, 0.1) is 0 Å². The number of nitrogens with zero attached hydrogens (tertiary/aromatic N) is 1. The van der Waals surface area contributed by atoms with E-state index in [1.165, 1.54) is 14.0 Å². The number of Topliss-reactive ketones (excluding diaryl/α,β-unsaturated/α-hetero) is 1. The summed E-state index contributed by atoms with van der Waals surface area (Å²) >= 11 is 0. The fourth-order valence-electron chi connectivity index (χ4n) is 3.68. The van der Waals surface area contributed by atoms with E-state index in [-0.39, 0.29) is 12.3 Å². The second-order valence-electron chi connectivity index (χ2n) is 7.39. The third kappa shape index (κ3) is 3.24. The number of benzene rings is 2. The van der Waals surface area contributed by atoms with Gasteiger partial charge in [-0.25, -0.2) is 4.79 Å². The zero-order valence-electron chi connectivity index (χ0n) is 17.0. The Kier molecular flexibility index (Phi) is 4.85. The van der Waals surface area contributed by atoms with Gasteiger partial charge in [-0.05, 0) is 49.7 Å². The SMILES string of the molecule is COc1ccc(C(C)=O)cc1CN1C(=O)N[C@@](C)(c2ccc3c(c2)OCCO3)C1=O. The van der Waals surface area contributed by atoms with Crippen LogP contribution in [0.5, 0.6) is 17.2 Å². The summed E-state index contributed by atoms with van der Waals surface area (Å²) in [6.45, 7) is 3.98. The van der Waals surface area contributed by atoms with Crippen molar-refractivity contribution in [2.45, 2.75) is 25.9 Å². The van der Waals surface area contributed by atoms with Gasteiger partial charge >= 0.3 is 6.03 Å². The second kappa shape index (κ2) is 7.37. The number of imide groups is 1. The molecule has 3 amide bonds. The van der Waals surface area contributed by atoms with Crippen LogP contribution in [0.3, 0.4) is 0 Å². The molecule has 0 radical (unpaired) electrons. The molecule has 2 heterocycles. The third-order valence-electron chi connectivity index (χ3n) is 5.41. The highest BCUT2D eigenvalue weighted by atomic mass is 16.6. The van der Waals surface area contributed by atoms with Crippen molar-refractivity contribution in [3.8, 4) is 17.2 Å². The number of carbonyl (C=O) groups is 3. The van der Waals surface area contributed by atoms with E-state index >= 15 is 0 Å². The number of amides is 3. The first-order valence-corrected chi connectivity index (χ1v) is 9.55. The van der Waals surface area contributed by atoms with Crippen LogP contribution in [0.15, 0.2) is 36.4 Å². The molecule has 30 heavy (non-hydrogen) atoms. The second-order valence-corrected chi connectivity index (χ2v) is 7.39. The maximum atomic E-state index is 13.3. The van der Waals surface area contributed by atoms with Gasteiger partial charge in [-0.2, -0.15) is 0 Å². The van der Waals surface area contributed by atoms with Crippen LogP contribution < -0.4 is 19.5 Å². The van der Waals surface area contributed by atoms with Gasteiger partial charge in [0.1, 0.15) is 24.5 Å². The Labute approximate surface area is 173 Å². The molecule has 4 rings (SSSR count). The normalized spacial score (nSPS) is 20.2. The molecule has 0 saturated carbocycles. The molecule has 0 bridgehead atoms. The van der Waals surface area contributed by atoms with E-state index in [0.29, 0.717) is 47.2 Å². The zero-order chi connectivity index (χ0) is 21.5. The Hall–Kier alpha value is -3.55. The van der Waals surface area contributed by atoms with Crippen molar-refractivity contribution in [1.29, 1.82) is 0 Å². The number of hydrogen-bond donors (Lipinski definition) is 1. The van der Waals surface area contributed by atoms with Crippen LogP contribution in [0.1, 0.15) is 35.3 Å². The quantitative estimate of drug-likeness (QED) is 0.602. The highest BCUT2D eigenvalue weighted by Crippen LogP contribution is 2.37. The van der Waals surface area contributed by atoms with Gasteiger partial charge in [-0.15, -0.1) is 0 Å². The van der Waals surface area contributed by atoms with E-state index in [2.05, 4.69) is 5.32 Å². The first kappa shape index (κ1) is 19.8. The minimum Gasteiger partial charge on any atom is -0.496 e. The van der Waals surface area contributed by atoms with Crippen LogP contribution in [-0.2, 0) is 16.9 Å². The molecule has 0 aromatic heterocycles. The summed E-state index contributed by atoms with van der Waals surface area (Å²) in [5.41, 5.74) is 0.392. The monoisotopic (exact) mass is 410 g/mol. The van der Waals surface area contributed by atoms with Gasteiger partial charge in [0.05, 0.1) is 13.7 Å². The van der Waals surface area contributed by atoms with E-state index in [9.17, 15) is 14.4 Å². The number of fused-ring (bicyclic) bond motifs is 1. The van der Waals surface area contributed by atoms with Crippen molar-refractivity contribution in [3.63, 3.8) is 0 Å². The largest absolute Gasteiger partial charge is 0.496 e.